The van der Waals surface area contributed by atoms with E-state index in [9.17, 15) is 0 Å². The van der Waals surface area contributed by atoms with E-state index in [0.29, 0.717) is 0 Å². The van der Waals surface area contributed by atoms with Crippen LogP contribution < -0.4 is 5.32 Å². The highest BCUT2D eigenvalue weighted by Gasteiger charge is 2.31. The second-order valence-corrected chi connectivity index (χ2v) is 4.59. The number of nitrogens with zero attached hydrogens (tertiary/aromatic N) is 1. The minimum Gasteiger partial charge on any atom is -0.315 e. The van der Waals surface area contributed by atoms with Gasteiger partial charge in [-0.1, -0.05) is 6.42 Å². The van der Waals surface area contributed by atoms with Crippen LogP contribution in [0.15, 0.2) is 0 Å². The van der Waals surface area contributed by atoms with Crippen molar-refractivity contribution in [3.8, 4) is 0 Å². The molecule has 2 aliphatic rings. The fraction of sp³-hybridized carbons (Fsp3) is 1.00. The van der Waals surface area contributed by atoms with Crippen LogP contribution in [0.1, 0.15) is 32.1 Å². The van der Waals surface area contributed by atoms with Crippen molar-refractivity contribution in [2.24, 2.45) is 5.92 Å². The molecule has 1 heterocycles. The zero-order valence-electron chi connectivity index (χ0n) is 8.76. The Hall–Kier alpha value is -0.0800. The molecule has 0 aromatic heterocycles. The Morgan fingerprint density at radius 3 is 2.46 bits per heavy atom. The molecule has 1 atom stereocenters. The third-order valence-electron chi connectivity index (χ3n) is 3.47. The van der Waals surface area contributed by atoms with E-state index in [1.165, 1.54) is 51.7 Å². The largest absolute Gasteiger partial charge is 0.315 e. The maximum Gasteiger partial charge on any atom is 0.0220 e. The van der Waals surface area contributed by atoms with Crippen molar-refractivity contribution >= 4 is 0 Å². The fourth-order valence-electron chi connectivity index (χ4n) is 2.39. The molecule has 0 spiro atoms. The van der Waals surface area contributed by atoms with Crippen molar-refractivity contribution in [3.63, 3.8) is 0 Å². The minimum absolute atomic E-state index is 0.776. The molecule has 0 amide bonds. The van der Waals surface area contributed by atoms with Crippen LogP contribution in [0, 0.1) is 5.92 Å². The van der Waals surface area contributed by atoms with Gasteiger partial charge < -0.3 is 10.2 Å². The summed E-state index contributed by atoms with van der Waals surface area (Å²) in [6.45, 7) is 3.97. The van der Waals surface area contributed by atoms with Crippen LogP contribution in [-0.2, 0) is 0 Å². The number of hydrogen-bond donors (Lipinski definition) is 1. The van der Waals surface area contributed by atoms with Gasteiger partial charge in [0.05, 0.1) is 0 Å². The van der Waals surface area contributed by atoms with Crippen LogP contribution in [0.5, 0.6) is 0 Å². The topological polar surface area (TPSA) is 15.3 Å². The molecule has 0 bridgehead atoms. The van der Waals surface area contributed by atoms with Gasteiger partial charge in [0.25, 0.3) is 0 Å². The third-order valence-corrected chi connectivity index (χ3v) is 3.47. The Balaban J connectivity index is 1.73. The summed E-state index contributed by atoms with van der Waals surface area (Å²) in [5.41, 5.74) is 0. The van der Waals surface area contributed by atoms with E-state index in [1.807, 2.05) is 0 Å². The molecule has 1 saturated carbocycles. The fourth-order valence-corrected chi connectivity index (χ4v) is 2.39. The number of likely N-dealkylation sites (tertiary alicyclic amines) is 1. The lowest BCUT2D eigenvalue weighted by Crippen LogP contribution is -2.42. The highest BCUT2D eigenvalue weighted by atomic mass is 15.2. The van der Waals surface area contributed by atoms with Crippen molar-refractivity contribution in [2.75, 3.05) is 26.7 Å². The standard InChI is InChI=1S/C11H22N2/c1-12-11(10-5-6-10)9-13-7-3-2-4-8-13/h10-12H,2-9H2,1H3. The van der Waals surface area contributed by atoms with E-state index in [-0.39, 0.29) is 0 Å². The van der Waals surface area contributed by atoms with Gasteiger partial charge in [0.1, 0.15) is 0 Å². The quantitative estimate of drug-likeness (QED) is 0.708. The van der Waals surface area contributed by atoms with Crippen LogP contribution >= 0.6 is 0 Å². The van der Waals surface area contributed by atoms with Crippen molar-refractivity contribution in [1.29, 1.82) is 0 Å². The normalized spacial score (nSPS) is 27.5. The molecule has 76 valence electrons. The Morgan fingerprint density at radius 1 is 1.23 bits per heavy atom. The number of likely N-dealkylation sites (N-methyl/N-ethyl adjacent to an activating group) is 1. The lowest BCUT2D eigenvalue weighted by Gasteiger charge is -2.30. The van der Waals surface area contributed by atoms with Gasteiger partial charge in [0.15, 0.2) is 0 Å². The first-order valence-electron chi connectivity index (χ1n) is 5.80. The van der Waals surface area contributed by atoms with E-state index in [4.69, 9.17) is 0 Å². The molecule has 1 unspecified atom stereocenters. The Morgan fingerprint density at radius 2 is 1.92 bits per heavy atom. The number of rotatable bonds is 4. The molecule has 2 rings (SSSR count). The molecule has 2 heteroatoms. The summed E-state index contributed by atoms with van der Waals surface area (Å²) in [6, 6.07) is 0.776. The van der Waals surface area contributed by atoms with Crippen LogP contribution in [0.25, 0.3) is 0 Å². The van der Waals surface area contributed by atoms with Gasteiger partial charge in [-0.25, -0.2) is 0 Å². The lowest BCUT2D eigenvalue weighted by atomic mass is 10.1. The van der Waals surface area contributed by atoms with Crippen LogP contribution in [0.4, 0.5) is 0 Å². The molecule has 0 aromatic carbocycles. The summed E-state index contributed by atoms with van der Waals surface area (Å²) < 4.78 is 0. The van der Waals surface area contributed by atoms with E-state index in [2.05, 4.69) is 17.3 Å². The van der Waals surface area contributed by atoms with Crippen molar-refractivity contribution < 1.29 is 0 Å². The first-order valence-corrected chi connectivity index (χ1v) is 5.80. The minimum atomic E-state index is 0.776. The maximum absolute atomic E-state index is 3.47. The van der Waals surface area contributed by atoms with Crippen molar-refractivity contribution in [1.82, 2.24) is 10.2 Å². The Kier molecular flexibility index (Phi) is 3.23. The van der Waals surface area contributed by atoms with E-state index in [0.717, 1.165) is 12.0 Å². The van der Waals surface area contributed by atoms with Crippen LogP contribution in [-0.4, -0.2) is 37.6 Å². The monoisotopic (exact) mass is 182 g/mol. The molecule has 0 radical (unpaired) electrons. The second-order valence-electron chi connectivity index (χ2n) is 4.59. The molecule has 1 aliphatic carbocycles. The molecule has 1 aliphatic heterocycles. The smallest absolute Gasteiger partial charge is 0.0220 e. The molecule has 2 nitrogen and oxygen atoms in total. The zero-order valence-corrected chi connectivity index (χ0v) is 8.76. The first-order chi connectivity index (χ1) is 6.40. The summed E-state index contributed by atoms with van der Waals surface area (Å²) in [5, 5.41) is 3.47. The predicted molar refractivity (Wildman–Crippen MR) is 55.9 cm³/mol. The molecular weight excluding hydrogens is 160 g/mol. The van der Waals surface area contributed by atoms with Crippen LogP contribution in [0.3, 0.4) is 0 Å². The van der Waals surface area contributed by atoms with E-state index >= 15 is 0 Å². The van der Waals surface area contributed by atoms with E-state index < -0.39 is 0 Å². The van der Waals surface area contributed by atoms with Gasteiger partial charge in [-0.15, -0.1) is 0 Å². The summed E-state index contributed by atoms with van der Waals surface area (Å²) in [6.07, 6.45) is 7.20. The summed E-state index contributed by atoms with van der Waals surface area (Å²) in [7, 11) is 2.12. The molecule has 0 aromatic rings. The highest BCUT2D eigenvalue weighted by molar-refractivity contribution is 4.88. The maximum atomic E-state index is 3.47. The number of nitrogens with one attached hydrogen (secondary N) is 1. The Bertz CT molecular complexity index is 148. The van der Waals surface area contributed by atoms with Gasteiger partial charge in [-0.05, 0) is 51.7 Å². The lowest BCUT2D eigenvalue weighted by molar-refractivity contribution is 0.200. The summed E-state index contributed by atoms with van der Waals surface area (Å²) >= 11 is 0. The van der Waals surface area contributed by atoms with Gasteiger partial charge in [-0.2, -0.15) is 0 Å². The summed E-state index contributed by atoms with van der Waals surface area (Å²) in [5.74, 6) is 0.993. The molecule has 13 heavy (non-hydrogen) atoms. The summed E-state index contributed by atoms with van der Waals surface area (Å²) in [4.78, 5) is 2.64. The average molecular weight is 182 g/mol. The van der Waals surface area contributed by atoms with E-state index in [1.54, 1.807) is 0 Å². The molecular formula is C11H22N2. The third kappa shape index (κ3) is 2.68. The Labute approximate surface area is 81.7 Å². The van der Waals surface area contributed by atoms with Gasteiger partial charge in [-0.3, -0.25) is 0 Å². The van der Waals surface area contributed by atoms with Gasteiger partial charge >= 0.3 is 0 Å². The zero-order chi connectivity index (χ0) is 9.10. The number of hydrogen-bond acceptors (Lipinski definition) is 2. The van der Waals surface area contributed by atoms with Crippen molar-refractivity contribution in [3.05, 3.63) is 0 Å². The van der Waals surface area contributed by atoms with Gasteiger partial charge in [0.2, 0.25) is 0 Å². The first kappa shape index (κ1) is 9.47. The SMILES string of the molecule is CNC(CN1CCCCC1)C1CC1. The highest BCUT2D eigenvalue weighted by Crippen LogP contribution is 2.33. The molecule has 2 fully saturated rings. The second kappa shape index (κ2) is 4.43. The van der Waals surface area contributed by atoms with Crippen molar-refractivity contribution in [2.45, 2.75) is 38.1 Å². The number of piperidine rings is 1. The average Bonchev–Trinajstić information content (AvgIpc) is 2.99. The van der Waals surface area contributed by atoms with Crippen LogP contribution in [0.2, 0.25) is 0 Å². The predicted octanol–water partition coefficient (Wildman–Crippen LogP) is 1.47. The van der Waals surface area contributed by atoms with Gasteiger partial charge in [0, 0.05) is 12.6 Å². The molecule has 1 N–H and O–H groups in total. The molecule has 1 saturated heterocycles.